The number of fused-ring (bicyclic) bond motifs is 1. The quantitative estimate of drug-likeness (QED) is 0.288. The van der Waals surface area contributed by atoms with Gasteiger partial charge in [0.2, 0.25) is 10.9 Å². The Morgan fingerprint density at radius 3 is 2.60 bits per heavy atom. The maximum Gasteiger partial charge on any atom is 0.379 e. The highest BCUT2D eigenvalue weighted by Gasteiger charge is 2.37. The molecule has 1 aromatic heterocycles. The van der Waals surface area contributed by atoms with Gasteiger partial charge in [-0.2, -0.15) is 15.1 Å². The highest BCUT2D eigenvalue weighted by atomic mass is 32.2. The minimum atomic E-state index is -0.603. The van der Waals surface area contributed by atoms with Gasteiger partial charge in [-0.05, 0) is 59.7 Å². The third-order valence-electron chi connectivity index (χ3n) is 5.50. The van der Waals surface area contributed by atoms with Crippen LogP contribution < -0.4 is 4.74 Å². The van der Waals surface area contributed by atoms with Crippen LogP contribution in [0.1, 0.15) is 40.9 Å². The number of benzene rings is 2. The van der Waals surface area contributed by atoms with Crippen molar-refractivity contribution in [3.05, 3.63) is 95.5 Å². The molecule has 1 amide bonds. The summed E-state index contributed by atoms with van der Waals surface area (Å²) in [6, 6.07) is 19.7. The number of hydrogen-bond acceptors (Lipinski definition) is 7. The number of hydrogen-bond donors (Lipinski definition) is 1. The molecule has 1 N–H and O–H groups in total. The number of hydrazone groups is 1. The second kappa shape index (κ2) is 9.55. The van der Waals surface area contributed by atoms with Crippen molar-refractivity contribution < 1.29 is 18.7 Å². The molecule has 0 radical (unpaired) electrons. The molecule has 3 aromatic rings. The van der Waals surface area contributed by atoms with E-state index in [0.29, 0.717) is 16.5 Å². The average molecular weight is 485 g/mol. The molecule has 2 aromatic carbocycles. The molecule has 3 heterocycles. The maximum absolute atomic E-state index is 12.7. The number of esters is 1. The second-order valence-corrected chi connectivity index (χ2v) is 8.75. The van der Waals surface area contributed by atoms with Crippen molar-refractivity contribution >= 4 is 45.8 Å². The molecule has 35 heavy (non-hydrogen) atoms. The summed E-state index contributed by atoms with van der Waals surface area (Å²) in [6.45, 7) is 2.08. The lowest BCUT2D eigenvalue weighted by Gasteiger charge is -2.20. The zero-order valence-electron chi connectivity index (χ0n) is 18.7. The van der Waals surface area contributed by atoms with E-state index < -0.39 is 11.9 Å². The van der Waals surface area contributed by atoms with Crippen molar-refractivity contribution in [1.82, 2.24) is 5.01 Å². The number of carbonyl (C=O) groups is 2. The fraction of sp³-hybridized carbons (Fsp3) is 0.115. The van der Waals surface area contributed by atoms with Gasteiger partial charge in [0, 0.05) is 5.92 Å². The van der Waals surface area contributed by atoms with Gasteiger partial charge in [0.1, 0.15) is 10.8 Å². The van der Waals surface area contributed by atoms with Crippen molar-refractivity contribution in [3.63, 3.8) is 0 Å². The fourth-order valence-electron chi connectivity index (χ4n) is 3.74. The first-order valence-electron chi connectivity index (χ1n) is 10.9. The summed E-state index contributed by atoms with van der Waals surface area (Å²) in [5.74, 6) is -0.637. The summed E-state index contributed by atoms with van der Waals surface area (Å²) in [5.41, 5.74) is 1.91. The van der Waals surface area contributed by atoms with Crippen molar-refractivity contribution in [2.24, 2.45) is 10.1 Å². The van der Waals surface area contributed by atoms with Gasteiger partial charge < -0.3 is 9.15 Å². The lowest BCUT2D eigenvalue weighted by molar-refractivity contribution is -0.114. The Labute approximate surface area is 205 Å². The molecule has 0 saturated carbocycles. The highest BCUT2D eigenvalue weighted by Crippen LogP contribution is 2.36. The largest absolute Gasteiger partial charge is 0.457 e. The Bertz CT molecular complexity index is 1380. The highest BCUT2D eigenvalue weighted by molar-refractivity contribution is 8.27. The van der Waals surface area contributed by atoms with E-state index in [1.54, 1.807) is 36.4 Å². The van der Waals surface area contributed by atoms with Crippen molar-refractivity contribution in [2.75, 3.05) is 0 Å². The Balaban J connectivity index is 1.35. The normalized spacial score (nSPS) is 17.2. The number of nitrogens with zero attached hydrogens (tertiary/aromatic N) is 3. The van der Waals surface area contributed by atoms with Crippen molar-refractivity contribution in [3.8, 4) is 5.75 Å². The monoisotopic (exact) mass is 484 g/mol. The molecule has 0 saturated heterocycles. The molecule has 9 heteroatoms. The lowest BCUT2D eigenvalue weighted by Crippen LogP contribution is -2.35. The number of amidine groups is 2. The van der Waals surface area contributed by atoms with Crippen LogP contribution in [0.2, 0.25) is 0 Å². The number of rotatable bonds is 6. The molecule has 1 unspecified atom stereocenters. The van der Waals surface area contributed by atoms with Crippen LogP contribution in [-0.2, 0) is 4.79 Å². The molecule has 1 atom stereocenters. The molecular weight excluding hydrogens is 464 g/mol. The first-order valence-corrected chi connectivity index (χ1v) is 11.8. The summed E-state index contributed by atoms with van der Waals surface area (Å²) in [6.07, 6.45) is 3.80. The van der Waals surface area contributed by atoms with Crippen molar-refractivity contribution in [1.29, 1.82) is 5.41 Å². The number of furan rings is 1. The van der Waals surface area contributed by atoms with Crippen LogP contribution in [0.25, 0.3) is 6.08 Å². The molecule has 2 aliphatic rings. The summed E-state index contributed by atoms with van der Waals surface area (Å²) >= 11 is 1.33. The molecule has 8 nitrogen and oxygen atoms in total. The SMILES string of the molecule is CCC(C1=NN2C(=N)/C(=C/c3ccc(OC(=O)c4ccco4)cc3)C(=O)N=C2S1)c1ccccc1. The first kappa shape index (κ1) is 22.5. The Morgan fingerprint density at radius 1 is 1.14 bits per heavy atom. The van der Waals surface area contributed by atoms with Crippen LogP contribution in [0.3, 0.4) is 0 Å². The molecular formula is C26H20N4O4S. The van der Waals surface area contributed by atoms with Gasteiger partial charge in [0.25, 0.3) is 5.91 Å². The Hall–Kier alpha value is -4.24. The molecule has 2 aliphatic heterocycles. The van der Waals surface area contributed by atoms with E-state index in [2.05, 4.69) is 17.0 Å². The van der Waals surface area contributed by atoms with Gasteiger partial charge in [0.15, 0.2) is 5.84 Å². The van der Waals surface area contributed by atoms with Crippen LogP contribution in [0.15, 0.2) is 93.1 Å². The average Bonchev–Trinajstić information content (AvgIpc) is 3.55. The number of carbonyl (C=O) groups excluding carboxylic acids is 2. The predicted molar refractivity (Wildman–Crippen MR) is 135 cm³/mol. The summed E-state index contributed by atoms with van der Waals surface area (Å²) in [5, 5.41) is 15.9. The number of amides is 1. The molecule has 0 spiro atoms. The number of nitrogens with one attached hydrogen (secondary N) is 1. The number of thioether (sulfide) groups is 1. The predicted octanol–water partition coefficient (Wildman–Crippen LogP) is 5.31. The zero-order chi connectivity index (χ0) is 24.4. The van der Waals surface area contributed by atoms with Gasteiger partial charge in [-0.15, -0.1) is 0 Å². The molecule has 0 aliphatic carbocycles. The van der Waals surface area contributed by atoms with Gasteiger partial charge in [0.05, 0.1) is 11.8 Å². The topological polar surface area (TPSA) is 108 Å². The number of aliphatic imine (C=N–C) groups is 1. The van der Waals surface area contributed by atoms with E-state index in [9.17, 15) is 9.59 Å². The first-order chi connectivity index (χ1) is 17.0. The van der Waals surface area contributed by atoms with E-state index in [1.165, 1.54) is 29.1 Å². The van der Waals surface area contributed by atoms with E-state index in [1.807, 2.05) is 30.3 Å². The van der Waals surface area contributed by atoms with E-state index in [-0.39, 0.29) is 23.1 Å². The van der Waals surface area contributed by atoms with Gasteiger partial charge >= 0.3 is 5.97 Å². The van der Waals surface area contributed by atoms with E-state index in [4.69, 9.17) is 14.6 Å². The van der Waals surface area contributed by atoms with Gasteiger partial charge in [-0.25, -0.2) is 4.79 Å². The minimum Gasteiger partial charge on any atom is -0.457 e. The molecule has 5 rings (SSSR count). The van der Waals surface area contributed by atoms with Crippen LogP contribution in [0, 0.1) is 5.41 Å². The molecule has 174 valence electrons. The third kappa shape index (κ3) is 4.58. The van der Waals surface area contributed by atoms with Crippen LogP contribution >= 0.6 is 11.8 Å². The second-order valence-electron chi connectivity index (χ2n) is 7.77. The lowest BCUT2D eigenvalue weighted by atomic mass is 9.98. The van der Waals surface area contributed by atoms with Gasteiger partial charge in [-0.3, -0.25) is 10.2 Å². The maximum atomic E-state index is 12.7. The molecule has 0 bridgehead atoms. The Kier molecular flexibility index (Phi) is 6.15. The standard InChI is InChI=1S/C26H20N4O4S/c1-2-19(17-7-4-3-5-8-17)24-29-30-22(27)20(23(31)28-26(30)35-24)15-16-10-12-18(13-11-16)34-25(32)21-9-6-14-33-21/h3-15,19,27H,2H2,1H3/b20-15-,27-22?. The molecule has 0 fully saturated rings. The Morgan fingerprint density at radius 2 is 1.91 bits per heavy atom. The summed E-state index contributed by atoms with van der Waals surface area (Å²) in [4.78, 5) is 28.9. The van der Waals surface area contributed by atoms with Crippen LogP contribution in [0.4, 0.5) is 0 Å². The van der Waals surface area contributed by atoms with E-state index >= 15 is 0 Å². The smallest absolute Gasteiger partial charge is 0.379 e. The third-order valence-corrected chi connectivity index (χ3v) is 6.52. The van der Waals surface area contributed by atoms with E-state index in [0.717, 1.165) is 17.0 Å². The van der Waals surface area contributed by atoms with Gasteiger partial charge in [-0.1, -0.05) is 49.4 Å². The fourth-order valence-corrected chi connectivity index (χ4v) is 4.84. The number of ether oxygens (including phenoxy) is 1. The van der Waals surface area contributed by atoms with Crippen molar-refractivity contribution in [2.45, 2.75) is 19.3 Å². The minimum absolute atomic E-state index is 0.0289. The van der Waals surface area contributed by atoms with Crippen LogP contribution in [0.5, 0.6) is 5.75 Å². The summed E-state index contributed by atoms with van der Waals surface area (Å²) in [7, 11) is 0. The zero-order valence-corrected chi connectivity index (χ0v) is 19.5. The summed E-state index contributed by atoms with van der Waals surface area (Å²) < 4.78 is 10.3. The van der Waals surface area contributed by atoms with Crippen LogP contribution in [-0.4, -0.2) is 32.9 Å².